The number of benzene rings is 1. The summed E-state index contributed by atoms with van der Waals surface area (Å²) in [5.41, 5.74) is 9.88. The molecule has 0 radical (unpaired) electrons. The molecule has 10 nitrogen and oxygen atoms in total. The maximum Gasteiger partial charge on any atom is 0.251 e. The van der Waals surface area contributed by atoms with Gasteiger partial charge < -0.3 is 25.2 Å². The second kappa shape index (κ2) is 11.1. The zero-order valence-corrected chi connectivity index (χ0v) is 27.1. The summed E-state index contributed by atoms with van der Waals surface area (Å²) in [6.07, 6.45) is 6.88. The minimum absolute atomic E-state index is 0.110. The number of anilines is 2. The molecule has 12 heteroatoms. The standard InChI is InChI=1S/C35H42F2N8O2/c1-21(26-8-5-14-44(26)2)46-28-16-27(45-15-13-40-33(20-45)18-35(36,37)19-33)41-32(42-28)30-23-7-4-12-34(31(23)47-43-30)11-3-6-22-9-10-25(39)24(17-38)29(22)34/h9-10,16,21,26,40H,3-8,11-15,18-20,39H2,1-2H3/t21-,26-,34+/m0/s1. The highest BCUT2D eigenvalue weighted by molar-refractivity contribution is 5.67. The van der Waals surface area contributed by atoms with Gasteiger partial charge in [-0.15, -0.1) is 0 Å². The smallest absolute Gasteiger partial charge is 0.251 e. The molecule has 3 fully saturated rings. The van der Waals surface area contributed by atoms with Crippen molar-refractivity contribution >= 4 is 11.5 Å². The van der Waals surface area contributed by atoms with Gasteiger partial charge in [-0.3, -0.25) is 4.90 Å². The molecule has 2 aromatic heterocycles. The largest absolute Gasteiger partial charge is 0.473 e. The topological polar surface area (TPSA) is 129 Å². The van der Waals surface area contributed by atoms with Gasteiger partial charge in [0.2, 0.25) is 5.88 Å². The Bertz CT molecular complexity index is 1740. The van der Waals surface area contributed by atoms with Gasteiger partial charge in [-0.25, -0.2) is 13.8 Å². The van der Waals surface area contributed by atoms with Crippen molar-refractivity contribution < 1.29 is 18.0 Å². The molecule has 0 unspecified atom stereocenters. The van der Waals surface area contributed by atoms with Crippen molar-refractivity contribution in [2.75, 3.05) is 43.9 Å². The molecule has 1 aromatic carbocycles. The summed E-state index contributed by atoms with van der Waals surface area (Å²) in [4.78, 5) is 14.3. The van der Waals surface area contributed by atoms with Gasteiger partial charge in [0.25, 0.3) is 5.92 Å². The van der Waals surface area contributed by atoms with E-state index in [0.717, 1.165) is 80.4 Å². The lowest BCUT2D eigenvalue weighted by Crippen LogP contribution is -2.70. The zero-order valence-electron chi connectivity index (χ0n) is 27.1. The Balaban J connectivity index is 1.20. The Morgan fingerprint density at radius 1 is 1.15 bits per heavy atom. The highest BCUT2D eigenvalue weighted by Gasteiger charge is 2.58. The van der Waals surface area contributed by atoms with E-state index >= 15 is 0 Å². The van der Waals surface area contributed by atoms with Gasteiger partial charge in [-0.1, -0.05) is 11.2 Å². The van der Waals surface area contributed by atoms with Gasteiger partial charge in [0, 0.05) is 61.4 Å². The number of piperazine rings is 1. The molecule has 3 N–H and O–H groups in total. The number of hydrogen-bond donors (Lipinski definition) is 2. The summed E-state index contributed by atoms with van der Waals surface area (Å²) >= 11 is 0. The first-order valence-electron chi connectivity index (χ1n) is 17.1. The average molecular weight is 645 g/mol. The quantitative estimate of drug-likeness (QED) is 0.367. The van der Waals surface area contributed by atoms with Gasteiger partial charge in [0.05, 0.1) is 11.0 Å². The van der Waals surface area contributed by atoms with Gasteiger partial charge in [0.15, 0.2) is 17.3 Å². The number of ether oxygens (including phenoxy) is 1. The zero-order chi connectivity index (χ0) is 32.6. The third kappa shape index (κ3) is 5.05. The van der Waals surface area contributed by atoms with Crippen LogP contribution in [0.15, 0.2) is 22.7 Å². The molecule has 248 valence electrons. The van der Waals surface area contributed by atoms with E-state index in [9.17, 15) is 14.0 Å². The minimum Gasteiger partial charge on any atom is -0.473 e. The van der Waals surface area contributed by atoms with Crippen molar-refractivity contribution in [3.05, 3.63) is 46.2 Å². The number of fused-ring (bicyclic) bond motifs is 4. The SMILES string of the molecule is C[C@H](Oc1cc(N2CCNC3(C2)CC(F)(F)C3)nc(-c2noc3c2CCC[C@@]32CCCc3ccc(N)c(C#N)c32)n1)[C@@H]1CCCN1C. The normalized spacial score (nSPS) is 26.8. The molecule has 1 saturated carbocycles. The number of nitrogens with zero attached hydrogens (tertiary/aromatic N) is 6. The molecule has 3 atom stereocenters. The first-order chi connectivity index (χ1) is 22.6. The van der Waals surface area contributed by atoms with Gasteiger partial charge >= 0.3 is 0 Å². The first kappa shape index (κ1) is 30.5. The number of rotatable bonds is 5. The van der Waals surface area contributed by atoms with E-state index in [0.29, 0.717) is 54.1 Å². The lowest BCUT2D eigenvalue weighted by Gasteiger charge is -2.53. The number of nitrogen functional groups attached to an aromatic ring is 1. The highest BCUT2D eigenvalue weighted by Crippen LogP contribution is 2.53. The van der Waals surface area contributed by atoms with Gasteiger partial charge in [0.1, 0.15) is 18.0 Å². The number of aromatic nitrogens is 3. The van der Waals surface area contributed by atoms with E-state index in [2.05, 4.69) is 46.4 Å². The van der Waals surface area contributed by atoms with Crippen LogP contribution in [-0.4, -0.2) is 76.9 Å². The number of likely N-dealkylation sites (N-methyl/N-ethyl adjacent to an activating group) is 1. The molecule has 8 rings (SSSR count). The Hall–Kier alpha value is -3.82. The molecular weight excluding hydrogens is 602 g/mol. The second-order valence-electron chi connectivity index (χ2n) is 14.5. The number of nitrogens with one attached hydrogen (secondary N) is 1. The second-order valence-corrected chi connectivity index (χ2v) is 14.5. The maximum absolute atomic E-state index is 14.1. The lowest BCUT2D eigenvalue weighted by atomic mass is 9.61. The fourth-order valence-electron chi connectivity index (χ4n) is 9.36. The summed E-state index contributed by atoms with van der Waals surface area (Å²) in [5, 5.41) is 18.2. The summed E-state index contributed by atoms with van der Waals surface area (Å²) in [5.74, 6) is -0.390. The molecule has 2 saturated heterocycles. The number of halogens is 2. The van der Waals surface area contributed by atoms with E-state index in [1.165, 1.54) is 0 Å². The van der Waals surface area contributed by atoms with Gasteiger partial charge in [-0.2, -0.15) is 10.2 Å². The van der Waals surface area contributed by atoms with E-state index in [1.54, 1.807) is 0 Å². The Labute approximate surface area is 273 Å². The van der Waals surface area contributed by atoms with Crippen LogP contribution < -0.4 is 20.7 Å². The van der Waals surface area contributed by atoms with Crippen molar-refractivity contribution in [2.24, 2.45) is 0 Å². The van der Waals surface area contributed by atoms with Crippen LogP contribution >= 0.6 is 0 Å². The van der Waals surface area contributed by atoms with Crippen molar-refractivity contribution in [3.63, 3.8) is 0 Å². The third-order valence-corrected chi connectivity index (χ3v) is 11.4. The van der Waals surface area contributed by atoms with E-state index in [-0.39, 0.29) is 25.0 Å². The van der Waals surface area contributed by atoms with Crippen LogP contribution in [0.5, 0.6) is 5.88 Å². The summed E-state index contributed by atoms with van der Waals surface area (Å²) in [7, 11) is 2.12. The molecule has 2 spiro atoms. The third-order valence-electron chi connectivity index (χ3n) is 11.4. The van der Waals surface area contributed by atoms with Crippen LogP contribution in [0.4, 0.5) is 20.3 Å². The Kier molecular flexibility index (Phi) is 7.22. The lowest BCUT2D eigenvalue weighted by molar-refractivity contribution is -0.133. The number of nitriles is 1. The van der Waals surface area contributed by atoms with E-state index in [4.69, 9.17) is 25.0 Å². The van der Waals surface area contributed by atoms with Crippen molar-refractivity contribution in [3.8, 4) is 23.5 Å². The molecule has 3 aliphatic carbocycles. The number of nitrogens with two attached hydrogens (primary N) is 1. The highest BCUT2D eigenvalue weighted by atomic mass is 19.3. The predicted octanol–water partition coefficient (Wildman–Crippen LogP) is 4.98. The Morgan fingerprint density at radius 2 is 1.96 bits per heavy atom. The summed E-state index contributed by atoms with van der Waals surface area (Å²) < 4.78 is 40.9. The maximum atomic E-state index is 14.1. The van der Waals surface area contributed by atoms with Crippen molar-refractivity contribution in [2.45, 2.75) is 100 Å². The summed E-state index contributed by atoms with van der Waals surface area (Å²) in [6.45, 7) is 4.74. The molecule has 5 aliphatic rings. The predicted molar refractivity (Wildman–Crippen MR) is 173 cm³/mol. The van der Waals surface area contributed by atoms with Crippen LogP contribution in [0.1, 0.15) is 86.3 Å². The van der Waals surface area contributed by atoms with E-state index in [1.807, 2.05) is 12.1 Å². The summed E-state index contributed by atoms with van der Waals surface area (Å²) in [6, 6.07) is 8.39. The fourth-order valence-corrected chi connectivity index (χ4v) is 9.36. The number of alkyl halides is 2. The van der Waals surface area contributed by atoms with Crippen molar-refractivity contribution in [1.29, 1.82) is 5.26 Å². The molecule has 3 aromatic rings. The van der Waals surface area contributed by atoms with Crippen LogP contribution in [0.25, 0.3) is 11.5 Å². The first-order valence-corrected chi connectivity index (χ1v) is 17.1. The Morgan fingerprint density at radius 3 is 2.70 bits per heavy atom. The molecule has 2 aliphatic heterocycles. The molecule has 0 bridgehead atoms. The molecule has 47 heavy (non-hydrogen) atoms. The molecule has 4 heterocycles. The fraction of sp³-hybridized carbons (Fsp3) is 0.600. The van der Waals surface area contributed by atoms with Gasteiger partial charge in [-0.05, 0) is 89.1 Å². The van der Waals surface area contributed by atoms with Crippen LogP contribution in [0.2, 0.25) is 0 Å². The average Bonchev–Trinajstić information content (AvgIpc) is 3.68. The number of hydrogen-bond acceptors (Lipinski definition) is 10. The van der Waals surface area contributed by atoms with Crippen LogP contribution in [0.3, 0.4) is 0 Å². The van der Waals surface area contributed by atoms with Crippen LogP contribution in [0, 0.1) is 11.3 Å². The number of likely N-dealkylation sites (tertiary alicyclic amines) is 1. The van der Waals surface area contributed by atoms with Crippen LogP contribution in [-0.2, 0) is 18.3 Å². The van der Waals surface area contributed by atoms with Crippen molar-refractivity contribution in [1.82, 2.24) is 25.3 Å². The minimum atomic E-state index is -2.65. The number of aryl methyl sites for hydroxylation is 1. The monoisotopic (exact) mass is 644 g/mol. The van der Waals surface area contributed by atoms with E-state index < -0.39 is 16.9 Å². The molecule has 0 amide bonds. The molecular formula is C35H42F2N8O2.